The molecule has 120 heavy (non-hydrogen) atoms. The number of nitriles is 4. The number of hydrogen-bond donors (Lipinski definition) is 0. The van der Waals surface area contributed by atoms with E-state index in [4.69, 9.17) is 0 Å². The number of nitrogens with zero attached hydrogens (tertiary/aromatic N) is 4. The van der Waals surface area contributed by atoms with Crippen molar-refractivity contribution in [2.45, 2.75) is 245 Å². The molecule has 4 aliphatic carbocycles. The Labute approximate surface area is 730 Å². The van der Waals surface area contributed by atoms with Gasteiger partial charge in [0.2, 0.25) is 0 Å². The summed E-state index contributed by atoms with van der Waals surface area (Å²) in [4.78, 5) is 37.0. The Morgan fingerprint density at radius 1 is 0.317 bits per heavy atom. The van der Waals surface area contributed by atoms with Gasteiger partial charge in [-0.1, -0.05) is 266 Å². The lowest BCUT2D eigenvalue weighted by Crippen LogP contribution is -2.29. The van der Waals surface area contributed by atoms with Crippen molar-refractivity contribution in [3.05, 3.63) is 277 Å². The van der Waals surface area contributed by atoms with Crippen molar-refractivity contribution in [2.24, 2.45) is 0 Å². The average Bonchev–Trinajstić information content (AvgIpc) is 1.47. The van der Waals surface area contributed by atoms with Crippen LogP contribution >= 0.6 is 68.0 Å². The number of carbonyl (C=O) groups excluding carboxylic acids is 2. The van der Waals surface area contributed by atoms with Crippen LogP contribution in [0.3, 0.4) is 0 Å². The summed E-state index contributed by atoms with van der Waals surface area (Å²) in [7, 11) is 0. The van der Waals surface area contributed by atoms with Gasteiger partial charge in [0.1, 0.15) is 47.1 Å². The standard InChI is InChI=1S/C106H102F2N4O2S6/c1-7-13-19-25-31-65-37-45-71(46-38-65)105(72-47-39-66(40-48-72)32-26-20-14-8-2)89-97-95(79(35-29-23-17-11-5)85(115-97)59-83-87(69(61-109)62-110)77-55-53-75(107)57-81(77)93(83)113)117-99(89)101-91(105)103-104(119-101)92-102(120-103)100-90(106(92,73-49-41-67(42-50-73)33-27-21-15-9-3)74-51-43-68(44-52-74)34-28-22-16-10-4)98-96(118-100)80(36-30-24-18-12-6)86(116-98)60-84-88(70(63-111)64-112)78-56-54-76(108)58-82(78)94(84)114/h37-60H,7-36H2,1-6H3/b83-59-,84-60-. The van der Waals surface area contributed by atoms with Gasteiger partial charge in [0.25, 0.3) is 0 Å². The molecule has 6 aromatic heterocycles. The van der Waals surface area contributed by atoms with Gasteiger partial charge in [0, 0.05) is 74.8 Å². The largest absolute Gasteiger partial charge is 0.289 e. The number of Topliss-reactive ketones (excluding diaryl/α,β-unsaturated/α-hetero) is 2. The Morgan fingerprint density at radius 2 is 0.575 bits per heavy atom. The molecule has 0 unspecified atom stereocenters. The van der Waals surface area contributed by atoms with Gasteiger partial charge in [-0.25, -0.2) is 8.78 Å². The van der Waals surface area contributed by atoms with Crippen LogP contribution in [0.4, 0.5) is 8.78 Å². The summed E-state index contributed by atoms with van der Waals surface area (Å²) >= 11 is 11.1. The maximum Gasteiger partial charge on any atom is 0.194 e. The molecule has 0 fully saturated rings. The molecule has 0 saturated carbocycles. The van der Waals surface area contributed by atoms with Crippen molar-refractivity contribution in [1.82, 2.24) is 0 Å². The molecular formula is C106H102F2N4O2S6. The van der Waals surface area contributed by atoms with Gasteiger partial charge in [-0.3, -0.25) is 9.59 Å². The van der Waals surface area contributed by atoms with Crippen molar-refractivity contribution in [3.8, 4) is 43.8 Å². The van der Waals surface area contributed by atoms with Crippen LogP contribution in [0, 0.1) is 57.0 Å². The number of thiophene rings is 6. The van der Waals surface area contributed by atoms with Crippen molar-refractivity contribution in [2.75, 3.05) is 0 Å². The van der Waals surface area contributed by atoms with Crippen LogP contribution in [-0.4, -0.2) is 11.6 Å². The van der Waals surface area contributed by atoms with E-state index in [-0.39, 0.29) is 44.6 Å². The lowest BCUT2D eigenvalue weighted by Gasteiger charge is -2.34. The second-order valence-corrected chi connectivity index (χ2v) is 39.5. The number of ketones is 2. The van der Waals surface area contributed by atoms with E-state index in [1.54, 1.807) is 22.7 Å². The normalized spacial score (nSPS) is 14.6. The average molecular weight is 1690 g/mol. The van der Waals surface area contributed by atoms with Gasteiger partial charge >= 0.3 is 0 Å². The number of halogens is 2. The van der Waals surface area contributed by atoms with E-state index in [9.17, 15) is 21.0 Å². The van der Waals surface area contributed by atoms with Gasteiger partial charge in [-0.2, -0.15) is 21.0 Å². The topological polar surface area (TPSA) is 129 Å². The van der Waals surface area contributed by atoms with Crippen LogP contribution in [0.25, 0.3) is 71.0 Å². The van der Waals surface area contributed by atoms with Crippen molar-refractivity contribution in [3.63, 3.8) is 0 Å². The fourth-order valence-corrected chi connectivity index (χ4v) is 29.0. The zero-order valence-electron chi connectivity index (χ0n) is 69.9. The van der Waals surface area contributed by atoms with Crippen molar-refractivity contribution in [1.29, 1.82) is 21.0 Å². The number of carbonyl (C=O) groups is 2. The number of hydrogen-bond acceptors (Lipinski definition) is 12. The number of aryl methyl sites for hydroxylation is 6. The molecule has 0 aliphatic heterocycles. The molecule has 0 atom stereocenters. The minimum absolute atomic E-state index is 0.151. The lowest BCUT2D eigenvalue weighted by molar-refractivity contribution is 0.103. The highest BCUT2D eigenvalue weighted by molar-refractivity contribution is 7.37. The summed E-state index contributed by atoms with van der Waals surface area (Å²) in [6.45, 7) is 13.5. The fourth-order valence-electron chi connectivity index (χ4n) is 19.5. The highest BCUT2D eigenvalue weighted by Crippen LogP contribution is 2.73. The van der Waals surface area contributed by atoms with Gasteiger partial charge in [0.15, 0.2) is 11.6 Å². The molecule has 6 nitrogen and oxygen atoms in total. The molecule has 0 N–H and O–H groups in total. The van der Waals surface area contributed by atoms with E-state index >= 15 is 18.4 Å². The molecule has 608 valence electrons. The highest BCUT2D eigenvalue weighted by Gasteiger charge is 2.57. The minimum Gasteiger partial charge on any atom is -0.289 e. The van der Waals surface area contributed by atoms with Gasteiger partial charge in [-0.15, -0.1) is 68.0 Å². The van der Waals surface area contributed by atoms with E-state index < -0.39 is 34.0 Å². The highest BCUT2D eigenvalue weighted by atomic mass is 32.1. The molecule has 4 aliphatic rings. The Balaban J connectivity index is 1.02. The number of unbranched alkanes of at least 4 members (excludes halogenated alkanes) is 18. The fraction of sp³-hybridized carbons (Fsp3) is 0.358. The number of allylic oxidation sites excluding steroid dienone is 6. The number of fused-ring (bicyclic) bond motifs is 15. The first-order chi connectivity index (χ1) is 58.8. The zero-order valence-corrected chi connectivity index (χ0v) is 74.8. The van der Waals surface area contributed by atoms with Crippen molar-refractivity contribution >= 4 is 131 Å². The van der Waals surface area contributed by atoms with Gasteiger partial charge in [-0.05, 0) is 180 Å². The van der Waals surface area contributed by atoms with Gasteiger partial charge in [0.05, 0.1) is 49.1 Å². The van der Waals surface area contributed by atoms with E-state index in [2.05, 4.69) is 163 Å². The molecule has 12 aromatic rings. The monoisotopic (exact) mass is 1690 g/mol. The zero-order chi connectivity index (χ0) is 83.3. The Morgan fingerprint density at radius 3 is 0.842 bits per heavy atom. The summed E-state index contributed by atoms with van der Waals surface area (Å²) in [6, 6.07) is 55.5. The van der Waals surface area contributed by atoms with Crippen LogP contribution in [0.15, 0.2) is 156 Å². The Kier molecular flexibility index (Phi) is 25.9. The summed E-state index contributed by atoms with van der Waals surface area (Å²) < 4.78 is 38.0. The first kappa shape index (κ1) is 84.0. The molecule has 0 bridgehead atoms. The van der Waals surface area contributed by atoms with Crippen LogP contribution in [0.2, 0.25) is 0 Å². The first-order valence-corrected chi connectivity index (χ1v) is 49.1. The van der Waals surface area contributed by atoms with Crippen LogP contribution in [-0.2, 0) is 49.4 Å². The summed E-state index contributed by atoms with van der Waals surface area (Å²) in [6.07, 6.45) is 35.9. The predicted molar refractivity (Wildman–Crippen MR) is 502 cm³/mol. The SMILES string of the molecule is CCCCCCc1ccc(C2(c3ccc(CCCCCC)cc3)c3c(sc4c(CCCCCC)c(/C=C5\C(=O)c6cc(F)ccc6C5=C(C#N)C#N)sc34)-c3sc4c5c(sc4c32)-c2sc3c(CCCCCC)c(/C=C4\C(=O)c6cc(F)ccc6C4=C(C#N)C#N)sc3c2C5(c2ccc(CCCCCC)cc2)c2ccc(CCCCCC)cc2)cc1. The van der Waals surface area contributed by atoms with Crippen LogP contribution < -0.4 is 0 Å². The van der Waals surface area contributed by atoms with E-state index in [1.165, 1.54) is 193 Å². The van der Waals surface area contributed by atoms with Crippen LogP contribution in [0.1, 0.15) is 315 Å². The third kappa shape index (κ3) is 15.0. The summed E-state index contributed by atoms with van der Waals surface area (Å²) in [5, 5.41) is 42.7. The Hall–Kier alpha value is -9.58. The molecular weight excluding hydrogens is 1590 g/mol. The summed E-state index contributed by atoms with van der Waals surface area (Å²) in [5.74, 6) is -1.92. The first-order valence-electron chi connectivity index (χ1n) is 44.2. The lowest BCUT2D eigenvalue weighted by atomic mass is 9.67. The molecule has 6 heterocycles. The molecule has 0 amide bonds. The van der Waals surface area contributed by atoms with Crippen LogP contribution in [0.5, 0.6) is 0 Å². The maximum atomic E-state index is 15.4. The smallest absolute Gasteiger partial charge is 0.194 e. The van der Waals surface area contributed by atoms with E-state index in [1.807, 2.05) is 57.5 Å². The predicted octanol–water partition coefficient (Wildman–Crippen LogP) is 31.4. The third-order valence-corrected chi connectivity index (χ3v) is 33.7. The molecule has 16 rings (SSSR count). The quantitative estimate of drug-likeness (QED) is 0.0218. The van der Waals surface area contributed by atoms with E-state index in [0.29, 0.717) is 11.1 Å². The number of benzene rings is 6. The molecule has 14 heteroatoms. The molecule has 6 aromatic carbocycles. The molecule has 0 saturated heterocycles. The van der Waals surface area contributed by atoms with Gasteiger partial charge < -0.3 is 0 Å². The Bertz CT molecular complexity index is 5720. The summed E-state index contributed by atoms with van der Waals surface area (Å²) in [5.41, 5.74) is 17.3. The molecule has 0 radical (unpaired) electrons. The maximum absolute atomic E-state index is 15.4. The third-order valence-electron chi connectivity index (χ3n) is 25.6. The van der Waals surface area contributed by atoms with E-state index in [0.717, 1.165) is 172 Å². The second-order valence-electron chi connectivity index (χ2n) is 33.3. The number of rotatable bonds is 36. The van der Waals surface area contributed by atoms with Crippen molar-refractivity contribution < 1.29 is 18.4 Å². The minimum atomic E-state index is -0.895. The molecule has 0 spiro atoms. The second kappa shape index (κ2) is 37.0.